The highest BCUT2D eigenvalue weighted by Gasteiger charge is 2.19. The number of benzene rings is 2. The zero-order valence-electron chi connectivity index (χ0n) is 16.4. The lowest BCUT2D eigenvalue weighted by atomic mass is 10.1. The van der Waals surface area contributed by atoms with Gasteiger partial charge in [0.15, 0.2) is 5.82 Å². The molecule has 1 amide bonds. The van der Waals surface area contributed by atoms with Crippen LogP contribution in [0.1, 0.15) is 29.0 Å². The highest BCUT2D eigenvalue weighted by atomic mass is 16.5. The first-order valence-corrected chi connectivity index (χ1v) is 9.84. The number of rotatable bonds is 5. The van der Waals surface area contributed by atoms with E-state index in [9.17, 15) is 4.79 Å². The van der Waals surface area contributed by atoms with Gasteiger partial charge in [-0.3, -0.25) is 4.79 Å². The van der Waals surface area contributed by atoms with Crippen molar-refractivity contribution in [2.75, 3.05) is 31.2 Å². The topological polar surface area (TPSA) is 67.4 Å². The number of amides is 1. The molecule has 2 aromatic carbocycles. The van der Waals surface area contributed by atoms with Gasteiger partial charge in [0.25, 0.3) is 5.91 Å². The molecule has 148 valence electrons. The third-order valence-corrected chi connectivity index (χ3v) is 4.96. The Morgan fingerprint density at radius 1 is 1.00 bits per heavy atom. The van der Waals surface area contributed by atoms with Gasteiger partial charge < -0.3 is 15.0 Å². The van der Waals surface area contributed by atoms with E-state index in [0.29, 0.717) is 24.7 Å². The molecular formula is C23H24N4O2. The average molecular weight is 388 g/mol. The van der Waals surface area contributed by atoms with Crippen molar-refractivity contribution in [2.24, 2.45) is 0 Å². The van der Waals surface area contributed by atoms with Crippen molar-refractivity contribution in [3.8, 4) is 11.4 Å². The number of aromatic nitrogens is 2. The van der Waals surface area contributed by atoms with E-state index < -0.39 is 0 Å². The molecule has 1 N–H and O–H groups in total. The molecule has 4 rings (SSSR count). The minimum Gasteiger partial charge on any atom is -0.378 e. The Balaban J connectivity index is 1.65. The zero-order valence-corrected chi connectivity index (χ0v) is 16.4. The fourth-order valence-electron chi connectivity index (χ4n) is 3.32. The summed E-state index contributed by atoms with van der Waals surface area (Å²) in [6.45, 7) is 4.75. The predicted octanol–water partition coefficient (Wildman–Crippen LogP) is 3.47. The summed E-state index contributed by atoms with van der Waals surface area (Å²) in [6, 6.07) is 21.3. The van der Waals surface area contributed by atoms with E-state index in [1.165, 1.54) is 0 Å². The third kappa shape index (κ3) is 4.60. The fourth-order valence-corrected chi connectivity index (χ4v) is 3.32. The molecule has 0 radical (unpaired) electrons. The summed E-state index contributed by atoms with van der Waals surface area (Å²) in [5.41, 5.74) is 2.29. The molecule has 1 aliphatic rings. The lowest BCUT2D eigenvalue weighted by molar-refractivity contribution is 0.0934. The number of anilines is 1. The Hall–Kier alpha value is -3.25. The number of hydrogen-bond donors (Lipinski definition) is 1. The molecular weight excluding hydrogens is 364 g/mol. The number of ether oxygens (including phenoxy) is 1. The predicted molar refractivity (Wildman–Crippen MR) is 113 cm³/mol. The van der Waals surface area contributed by atoms with Gasteiger partial charge >= 0.3 is 0 Å². The molecule has 2 heterocycles. The summed E-state index contributed by atoms with van der Waals surface area (Å²) in [6.07, 6.45) is 0. The molecule has 0 aliphatic carbocycles. The summed E-state index contributed by atoms with van der Waals surface area (Å²) < 4.78 is 5.45. The van der Waals surface area contributed by atoms with E-state index >= 15 is 0 Å². The Kier molecular flexibility index (Phi) is 5.81. The second-order valence-electron chi connectivity index (χ2n) is 7.01. The molecule has 1 atom stereocenters. The molecule has 3 aromatic rings. The van der Waals surface area contributed by atoms with E-state index in [1.54, 1.807) is 6.07 Å². The summed E-state index contributed by atoms with van der Waals surface area (Å²) in [7, 11) is 0. The van der Waals surface area contributed by atoms with Crippen LogP contribution in [0, 0.1) is 0 Å². The van der Waals surface area contributed by atoms with Gasteiger partial charge in [-0.15, -0.1) is 0 Å². The van der Waals surface area contributed by atoms with Crippen LogP contribution in [0.2, 0.25) is 0 Å². The summed E-state index contributed by atoms with van der Waals surface area (Å²) >= 11 is 0. The maximum Gasteiger partial charge on any atom is 0.270 e. The van der Waals surface area contributed by atoms with E-state index in [1.807, 2.05) is 67.6 Å². The van der Waals surface area contributed by atoms with Crippen LogP contribution in [-0.4, -0.2) is 42.2 Å². The Morgan fingerprint density at radius 2 is 1.66 bits per heavy atom. The normalized spacial score (nSPS) is 15.0. The first-order valence-electron chi connectivity index (χ1n) is 9.84. The Morgan fingerprint density at radius 3 is 2.34 bits per heavy atom. The maximum atomic E-state index is 13.0. The van der Waals surface area contributed by atoms with Gasteiger partial charge in [0.1, 0.15) is 11.5 Å². The van der Waals surface area contributed by atoms with Crippen molar-refractivity contribution in [1.82, 2.24) is 15.3 Å². The van der Waals surface area contributed by atoms with Crippen LogP contribution < -0.4 is 10.2 Å². The lowest BCUT2D eigenvalue weighted by Gasteiger charge is -2.28. The van der Waals surface area contributed by atoms with Gasteiger partial charge in [-0.1, -0.05) is 60.7 Å². The standard InChI is InChI=1S/C23H24N4O2/c1-17(18-8-4-2-5-9-18)24-23(28)20-16-21(27-12-14-29-15-13-27)26-22(25-20)19-10-6-3-7-11-19/h2-11,16-17H,12-15H2,1H3,(H,24,28). The highest BCUT2D eigenvalue weighted by molar-refractivity contribution is 5.93. The SMILES string of the molecule is CC(NC(=O)c1cc(N2CCOCC2)nc(-c2ccccc2)n1)c1ccccc1. The van der Waals surface area contributed by atoms with Crippen LogP contribution in [-0.2, 0) is 4.74 Å². The number of carbonyl (C=O) groups is 1. The summed E-state index contributed by atoms with van der Waals surface area (Å²) in [4.78, 5) is 24.4. The Labute approximate surface area is 170 Å². The number of nitrogens with zero attached hydrogens (tertiary/aromatic N) is 3. The summed E-state index contributed by atoms with van der Waals surface area (Å²) in [5, 5.41) is 3.05. The van der Waals surface area contributed by atoms with E-state index in [-0.39, 0.29) is 11.9 Å². The minimum atomic E-state index is -0.213. The molecule has 6 heteroatoms. The second kappa shape index (κ2) is 8.84. The van der Waals surface area contributed by atoms with Gasteiger partial charge in [-0.05, 0) is 12.5 Å². The van der Waals surface area contributed by atoms with Crippen molar-refractivity contribution in [3.05, 3.63) is 78.0 Å². The first-order chi connectivity index (χ1) is 14.2. The van der Waals surface area contributed by atoms with Crippen LogP contribution >= 0.6 is 0 Å². The average Bonchev–Trinajstić information content (AvgIpc) is 2.80. The van der Waals surface area contributed by atoms with Crippen molar-refractivity contribution >= 4 is 11.7 Å². The van der Waals surface area contributed by atoms with Crippen molar-refractivity contribution < 1.29 is 9.53 Å². The zero-order chi connectivity index (χ0) is 20.1. The van der Waals surface area contributed by atoms with Gasteiger partial charge in [-0.25, -0.2) is 9.97 Å². The van der Waals surface area contributed by atoms with Crippen molar-refractivity contribution in [1.29, 1.82) is 0 Å². The monoisotopic (exact) mass is 388 g/mol. The van der Waals surface area contributed by atoms with E-state index in [4.69, 9.17) is 9.72 Å². The summed E-state index contributed by atoms with van der Waals surface area (Å²) in [5.74, 6) is 1.09. The second-order valence-corrected chi connectivity index (χ2v) is 7.01. The number of carbonyl (C=O) groups excluding carboxylic acids is 1. The van der Waals surface area contributed by atoms with E-state index in [0.717, 1.165) is 30.0 Å². The highest BCUT2D eigenvalue weighted by Crippen LogP contribution is 2.22. The Bertz CT molecular complexity index is 957. The molecule has 0 bridgehead atoms. The van der Waals surface area contributed by atoms with Crippen LogP contribution in [0.4, 0.5) is 5.82 Å². The first kappa shape index (κ1) is 19.1. The number of hydrogen-bond acceptors (Lipinski definition) is 5. The molecule has 1 unspecified atom stereocenters. The number of morpholine rings is 1. The van der Waals surface area contributed by atoms with Crippen LogP contribution in [0.5, 0.6) is 0 Å². The van der Waals surface area contributed by atoms with Crippen molar-refractivity contribution in [2.45, 2.75) is 13.0 Å². The molecule has 1 aromatic heterocycles. The minimum absolute atomic E-state index is 0.120. The van der Waals surface area contributed by atoms with Crippen molar-refractivity contribution in [3.63, 3.8) is 0 Å². The van der Waals surface area contributed by atoms with Gasteiger partial charge in [0.2, 0.25) is 0 Å². The lowest BCUT2D eigenvalue weighted by Crippen LogP contribution is -2.37. The van der Waals surface area contributed by atoms with Gasteiger partial charge in [-0.2, -0.15) is 0 Å². The van der Waals surface area contributed by atoms with Crippen LogP contribution in [0.15, 0.2) is 66.7 Å². The van der Waals surface area contributed by atoms with Crippen LogP contribution in [0.25, 0.3) is 11.4 Å². The van der Waals surface area contributed by atoms with Gasteiger partial charge in [0.05, 0.1) is 19.3 Å². The van der Waals surface area contributed by atoms with E-state index in [2.05, 4.69) is 15.2 Å². The fraction of sp³-hybridized carbons (Fsp3) is 0.261. The van der Waals surface area contributed by atoms with Gasteiger partial charge in [0, 0.05) is 24.7 Å². The molecule has 0 saturated carbocycles. The molecule has 29 heavy (non-hydrogen) atoms. The quantitative estimate of drug-likeness (QED) is 0.725. The smallest absolute Gasteiger partial charge is 0.270 e. The molecule has 1 aliphatic heterocycles. The third-order valence-electron chi connectivity index (χ3n) is 4.96. The molecule has 1 fully saturated rings. The number of nitrogens with one attached hydrogen (secondary N) is 1. The molecule has 1 saturated heterocycles. The molecule has 6 nitrogen and oxygen atoms in total. The largest absolute Gasteiger partial charge is 0.378 e. The van der Waals surface area contributed by atoms with Crippen LogP contribution in [0.3, 0.4) is 0 Å². The molecule has 0 spiro atoms. The maximum absolute atomic E-state index is 13.0.